The first-order valence-corrected chi connectivity index (χ1v) is 8.97. The maximum Gasteiger partial charge on any atom is 0.143 e. The molecule has 2 nitrogen and oxygen atoms in total. The van der Waals surface area contributed by atoms with E-state index in [0.717, 1.165) is 25.0 Å². The van der Waals surface area contributed by atoms with Crippen molar-refractivity contribution < 1.29 is 9.53 Å². The van der Waals surface area contributed by atoms with Crippen molar-refractivity contribution in [2.24, 2.45) is 11.3 Å². The van der Waals surface area contributed by atoms with Crippen molar-refractivity contribution in [3.8, 4) is 5.75 Å². The van der Waals surface area contributed by atoms with Crippen LogP contribution in [0.3, 0.4) is 0 Å². The largest absolute Gasteiger partial charge is 0.496 e. The number of Topliss-reactive ketones (excluding diaryl/α,β-unsaturated/α-hetero) is 1. The highest BCUT2D eigenvalue weighted by atomic mass is 16.5. The summed E-state index contributed by atoms with van der Waals surface area (Å²) in [6.45, 7) is 11.3. The highest BCUT2D eigenvalue weighted by Gasteiger charge is 2.54. The van der Waals surface area contributed by atoms with E-state index in [-0.39, 0.29) is 10.8 Å². The first-order chi connectivity index (χ1) is 10.7. The molecule has 126 valence electrons. The van der Waals surface area contributed by atoms with Crippen molar-refractivity contribution in [3.63, 3.8) is 0 Å². The van der Waals surface area contributed by atoms with E-state index >= 15 is 0 Å². The maximum absolute atomic E-state index is 13.0. The van der Waals surface area contributed by atoms with E-state index in [1.54, 1.807) is 7.11 Å². The Hall–Kier alpha value is -1.31. The molecule has 0 saturated heterocycles. The van der Waals surface area contributed by atoms with Gasteiger partial charge in [-0.25, -0.2) is 0 Å². The fourth-order valence-corrected chi connectivity index (χ4v) is 5.36. The van der Waals surface area contributed by atoms with Gasteiger partial charge in [0.25, 0.3) is 0 Å². The van der Waals surface area contributed by atoms with Gasteiger partial charge < -0.3 is 4.74 Å². The lowest BCUT2D eigenvalue weighted by molar-refractivity contribution is -0.134. The normalized spacial score (nSPS) is 29.2. The number of ether oxygens (including phenoxy) is 1. The number of benzene rings is 1. The molecule has 2 aliphatic carbocycles. The molecule has 2 atom stereocenters. The van der Waals surface area contributed by atoms with Crippen molar-refractivity contribution in [1.29, 1.82) is 0 Å². The minimum Gasteiger partial charge on any atom is -0.496 e. The second kappa shape index (κ2) is 5.36. The van der Waals surface area contributed by atoms with Gasteiger partial charge >= 0.3 is 0 Å². The molecule has 1 saturated carbocycles. The molecule has 2 aliphatic rings. The SMILES string of the molecule is COc1ccc2c(c1C(C)C)CC[C@@H]1C(C)(C)CCC(=O)[C@]21C. The fraction of sp³-hybridized carbons (Fsp3) is 0.667. The molecule has 0 amide bonds. The average molecular weight is 314 g/mol. The molecule has 3 rings (SSSR count). The molecule has 2 heteroatoms. The lowest BCUT2D eigenvalue weighted by Crippen LogP contribution is -2.53. The topological polar surface area (TPSA) is 26.3 Å². The summed E-state index contributed by atoms with van der Waals surface area (Å²) in [5.41, 5.74) is 3.87. The third-order valence-electron chi connectivity index (χ3n) is 6.57. The van der Waals surface area contributed by atoms with Gasteiger partial charge in [0.05, 0.1) is 12.5 Å². The number of carbonyl (C=O) groups is 1. The van der Waals surface area contributed by atoms with E-state index in [4.69, 9.17) is 4.74 Å². The second-order valence-electron chi connectivity index (χ2n) is 8.57. The predicted molar refractivity (Wildman–Crippen MR) is 94.3 cm³/mol. The van der Waals surface area contributed by atoms with Crippen molar-refractivity contribution in [2.45, 2.75) is 71.6 Å². The van der Waals surface area contributed by atoms with Crippen LogP contribution in [-0.4, -0.2) is 12.9 Å². The van der Waals surface area contributed by atoms with Gasteiger partial charge in [-0.3, -0.25) is 4.79 Å². The van der Waals surface area contributed by atoms with Gasteiger partial charge in [0, 0.05) is 12.0 Å². The van der Waals surface area contributed by atoms with Gasteiger partial charge in [0.15, 0.2) is 0 Å². The Bertz CT molecular complexity index is 641. The highest BCUT2D eigenvalue weighted by molar-refractivity contribution is 5.92. The molecular weight excluding hydrogens is 284 g/mol. The molecule has 0 aromatic heterocycles. The average Bonchev–Trinajstić information content (AvgIpc) is 2.50. The smallest absolute Gasteiger partial charge is 0.143 e. The maximum atomic E-state index is 13.0. The van der Waals surface area contributed by atoms with Crippen LogP contribution >= 0.6 is 0 Å². The summed E-state index contributed by atoms with van der Waals surface area (Å²) in [4.78, 5) is 13.0. The number of carbonyl (C=O) groups excluding carboxylic acids is 1. The fourth-order valence-electron chi connectivity index (χ4n) is 5.36. The van der Waals surface area contributed by atoms with Crippen LogP contribution in [0.2, 0.25) is 0 Å². The molecular formula is C21H30O2. The van der Waals surface area contributed by atoms with Crippen LogP contribution in [0.5, 0.6) is 5.75 Å². The Balaban J connectivity index is 2.24. The van der Waals surface area contributed by atoms with Crippen LogP contribution in [-0.2, 0) is 16.6 Å². The summed E-state index contributed by atoms with van der Waals surface area (Å²) in [6, 6.07) is 4.25. The molecule has 1 aromatic carbocycles. The van der Waals surface area contributed by atoms with Gasteiger partial charge in [-0.15, -0.1) is 0 Å². The summed E-state index contributed by atoms with van der Waals surface area (Å²) in [6.07, 6.45) is 3.91. The summed E-state index contributed by atoms with van der Waals surface area (Å²) >= 11 is 0. The third-order valence-corrected chi connectivity index (χ3v) is 6.57. The molecule has 0 radical (unpaired) electrons. The summed E-state index contributed by atoms with van der Waals surface area (Å²) in [7, 11) is 1.75. The first kappa shape index (κ1) is 16.5. The molecule has 1 fully saturated rings. The minimum atomic E-state index is -0.328. The van der Waals surface area contributed by atoms with E-state index in [9.17, 15) is 4.79 Å². The van der Waals surface area contributed by atoms with Crippen LogP contribution in [0.25, 0.3) is 0 Å². The zero-order valence-electron chi connectivity index (χ0n) is 15.5. The number of rotatable bonds is 2. The van der Waals surface area contributed by atoms with Gasteiger partial charge in [-0.05, 0) is 60.6 Å². The Kier molecular flexibility index (Phi) is 3.85. The molecule has 0 N–H and O–H groups in total. The standard InChI is InChI=1S/C21H30O2/c1-13(2)19-14-7-10-17-20(3,4)12-11-18(22)21(17,5)15(14)8-9-16(19)23-6/h8-9,13,17H,7,10-12H2,1-6H3/t17-,21-/m1/s1. The molecule has 0 bridgehead atoms. The Morgan fingerprint density at radius 1 is 1.17 bits per heavy atom. The van der Waals surface area contributed by atoms with Crippen molar-refractivity contribution >= 4 is 5.78 Å². The van der Waals surface area contributed by atoms with E-state index in [1.807, 2.05) is 0 Å². The zero-order chi connectivity index (χ0) is 17.0. The number of hydrogen-bond acceptors (Lipinski definition) is 2. The van der Waals surface area contributed by atoms with Crippen LogP contribution in [0.4, 0.5) is 0 Å². The summed E-state index contributed by atoms with van der Waals surface area (Å²) in [5, 5.41) is 0. The monoisotopic (exact) mass is 314 g/mol. The van der Waals surface area contributed by atoms with Crippen molar-refractivity contribution in [3.05, 3.63) is 28.8 Å². The Labute approximate surface area is 140 Å². The first-order valence-electron chi connectivity index (χ1n) is 8.97. The molecule has 1 aromatic rings. The Morgan fingerprint density at radius 2 is 1.87 bits per heavy atom. The van der Waals surface area contributed by atoms with E-state index in [1.165, 1.54) is 16.7 Å². The molecule has 0 spiro atoms. The Morgan fingerprint density at radius 3 is 2.48 bits per heavy atom. The van der Waals surface area contributed by atoms with E-state index < -0.39 is 0 Å². The molecule has 23 heavy (non-hydrogen) atoms. The van der Waals surface area contributed by atoms with Gasteiger partial charge in [0.1, 0.15) is 11.5 Å². The number of ketones is 1. The molecule has 0 heterocycles. The predicted octanol–water partition coefficient (Wildman–Crippen LogP) is 5.03. The van der Waals surface area contributed by atoms with Gasteiger partial charge in [-0.2, -0.15) is 0 Å². The number of fused-ring (bicyclic) bond motifs is 3. The van der Waals surface area contributed by atoms with E-state index in [2.05, 4.69) is 46.8 Å². The van der Waals surface area contributed by atoms with Crippen LogP contribution in [0.1, 0.15) is 76.5 Å². The molecule has 0 unspecified atom stereocenters. The zero-order valence-corrected chi connectivity index (χ0v) is 15.5. The molecule has 0 aliphatic heterocycles. The summed E-state index contributed by atoms with van der Waals surface area (Å²) in [5.74, 6) is 2.26. The van der Waals surface area contributed by atoms with Crippen LogP contribution < -0.4 is 4.74 Å². The van der Waals surface area contributed by atoms with Crippen LogP contribution in [0.15, 0.2) is 12.1 Å². The summed E-state index contributed by atoms with van der Waals surface area (Å²) < 4.78 is 5.62. The van der Waals surface area contributed by atoms with Gasteiger partial charge in [0.2, 0.25) is 0 Å². The lowest BCUT2D eigenvalue weighted by atomic mass is 9.49. The highest BCUT2D eigenvalue weighted by Crippen LogP contribution is 2.56. The van der Waals surface area contributed by atoms with Crippen LogP contribution in [0, 0.1) is 11.3 Å². The number of methoxy groups -OCH3 is 1. The van der Waals surface area contributed by atoms with Crippen molar-refractivity contribution in [2.75, 3.05) is 7.11 Å². The third kappa shape index (κ3) is 2.25. The second-order valence-corrected chi connectivity index (χ2v) is 8.57. The van der Waals surface area contributed by atoms with Gasteiger partial charge in [-0.1, -0.05) is 33.8 Å². The van der Waals surface area contributed by atoms with Crippen molar-refractivity contribution in [1.82, 2.24) is 0 Å². The quantitative estimate of drug-likeness (QED) is 0.765. The van der Waals surface area contributed by atoms with E-state index in [0.29, 0.717) is 24.0 Å². The number of hydrogen-bond donors (Lipinski definition) is 0. The minimum absolute atomic E-state index is 0.234. The lowest BCUT2D eigenvalue weighted by Gasteiger charge is -2.53.